The number of Topliss-reactive ketones (excluding diaryl/α,β-unsaturated/α-hetero) is 2. The number of rotatable bonds is 11. The van der Waals surface area contributed by atoms with Gasteiger partial charge in [-0.2, -0.15) is 0 Å². The zero-order valence-corrected chi connectivity index (χ0v) is 44.1. The smallest absolute Gasteiger partial charge is 0.329 e. The summed E-state index contributed by atoms with van der Waals surface area (Å²) in [6.07, 6.45) is 4.80. The first-order valence-corrected chi connectivity index (χ1v) is 27.7. The van der Waals surface area contributed by atoms with Crippen LogP contribution in [0.4, 0.5) is 0 Å². The number of carbonyl (C=O) groups is 5. The van der Waals surface area contributed by atoms with Crippen molar-refractivity contribution in [3.05, 3.63) is 23.3 Å². The number of fused-ring (bicyclic) bond motifs is 3. The molecule has 14 atom stereocenters. The molecule has 0 aromatic rings. The van der Waals surface area contributed by atoms with Crippen LogP contribution in [0.3, 0.4) is 0 Å². The molecule has 2 bridgehead atoms. The molecule has 3 fully saturated rings. The minimum atomic E-state index is -2.56. The number of ether oxygens (including phenoxy) is 6. The fourth-order valence-electron chi connectivity index (χ4n) is 10.4. The first kappa shape index (κ1) is 56.8. The van der Waals surface area contributed by atoms with Gasteiger partial charge in [0.2, 0.25) is 5.79 Å². The average molecular weight is 964 g/mol. The Morgan fingerprint density at radius 1 is 0.910 bits per heavy atom. The summed E-state index contributed by atoms with van der Waals surface area (Å²) in [5.74, 6) is -8.24. The Kier molecular flexibility index (Phi) is 20.6. The average Bonchev–Trinajstić information content (AvgIpc) is 3.27. The Bertz CT molecular complexity index is 1780. The number of piperidine rings is 1. The van der Waals surface area contributed by atoms with E-state index in [1.807, 2.05) is 27.7 Å². The van der Waals surface area contributed by atoms with E-state index in [2.05, 4.69) is 52.9 Å². The van der Waals surface area contributed by atoms with E-state index in [9.17, 15) is 34.2 Å². The Labute approximate surface area is 401 Å². The quantitative estimate of drug-likeness (QED) is 0.0889. The van der Waals surface area contributed by atoms with Crippen LogP contribution >= 0.6 is 0 Å². The number of ketones is 2. The molecule has 2 N–H and O–H groups in total. The molecule has 14 unspecified atom stereocenters. The van der Waals surface area contributed by atoms with Crippen molar-refractivity contribution in [1.82, 2.24) is 4.90 Å². The van der Waals surface area contributed by atoms with E-state index < -0.39 is 105 Å². The summed E-state index contributed by atoms with van der Waals surface area (Å²) in [6.45, 7) is 22.0. The van der Waals surface area contributed by atoms with Crippen molar-refractivity contribution in [3.8, 4) is 0 Å². The number of carboxylic acids is 1. The van der Waals surface area contributed by atoms with Gasteiger partial charge in [0.1, 0.15) is 30.6 Å². The molecule has 0 radical (unpaired) electrons. The molecular formula is C51H85NO14Si. The Balaban J connectivity index is 1.87. The van der Waals surface area contributed by atoms with Gasteiger partial charge in [0.05, 0.1) is 30.5 Å². The van der Waals surface area contributed by atoms with Crippen LogP contribution in [-0.4, -0.2) is 142 Å². The van der Waals surface area contributed by atoms with E-state index in [0.29, 0.717) is 51.4 Å². The SMILES string of the molecule is CCC1C=C(C)CC(C)CC(OC)C2OC(O)(C(=O)C(=O)N3CCCCC3C(=O)OC(C(C)=CC3CCC(OCC(=O)O)C(OC)C3)C(C)C(O[Si](C)(C)C(C)(C)C)CC1=O)C(C)CC2OC. The molecule has 0 aromatic heterocycles. The zero-order chi connectivity index (χ0) is 50.2. The van der Waals surface area contributed by atoms with Crippen molar-refractivity contribution in [1.29, 1.82) is 0 Å². The molecule has 1 aliphatic carbocycles. The summed E-state index contributed by atoms with van der Waals surface area (Å²) < 4.78 is 43.5. The van der Waals surface area contributed by atoms with Crippen LogP contribution in [0.25, 0.3) is 0 Å². The first-order valence-electron chi connectivity index (χ1n) is 24.8. The second-order valence-corrected chi connectivity index (χ2v) is 26.4. The number of carboxylic acid groups (broad SMARTS) is 1. The van der Waals surface area contributed by atoms with Gasteiger partial charge in [-0.3, -0.25) is 14.4 Å². The maximum absolute atomic E-state index is 14.9. The van der Waals surface area contributed by atoms with E-state index in [1.54, 1.807) is 28.3 Å². The molecule has 1 amide bonds. The molecule has 0 spiro atoms. The number of methoxy groups -OCH3 is 3. The van der Waals surface area contributed by atoms with Gasteiger partial charge in [-0.05, 0) is 114 Å². The Hall–Kier alpha value is -2.83. The van der Waals surface area contributed by atoms with Gasteiger partial charge >= 0.3 is 11.9 Å². The van der Waals surface area contributed by atoms with E-state index in [1.165, 1.54) is 4.90 Å². The van der Waals surface area contributed by atoms with Crippen LogP contribution in [0.1, 0.15) is 133 Å². The molecule has 16 heteroatoms. The molecule has 4 rings (SSSR count). The maximum atomic E-state index is 14.9. The van der Waals surface area contributed by atoms with Gasteiger partial charge in [0.15, 0.2) is 8.32 Å². The summed E-state index contributed by atoms with van der Waals surface area (Å²) in [4.78, 5) is 71.1. The topological polar surface area (TPSA) is 194 Å². The highest BCUT2D eigenvalue weighted by molar-refractivity contribution is 6.74. The first-order chi connectivity index (χ1) is 31.3. The molecule has 67 heavy (non-hydrogen) atoms. The number of amides is 1. The number of carbonyl (C=O) groups excluding carboxylic acids is 4. The lowest BCUT2D eigenvalue weighted by atomic mass is 9.81. The van der Waals surface area contributed by atoms with Crippen molar-refractivity contribution in [2.45, 2.75) is 206 Å². The monoisotopic (exact) mass is 964 g/mol. The van der Waals surface area contributed by atoms with Crippen molar-refractivity contribution in [2.75, 3.05) is 34.5 Å². The minimum absolute atomic E-state index is 0.0227. The number of hydrogen-bond donors (Lipinski definition) is 2. The molecule has 4 aliphatic rings. The van der Waals surface area contributed by atoms with Crippen molar-refractivity contribution in [2.24, 2.45) is 29.6 Å². The van der Waals surface area contributed by atoms with E-state index in [-0.39, 0.29) is 54.6 Å². The second kappa shape index (κ2) is 24.3. The van der Waals surface area contributed by atoms with Gasteiger partial charge in [-0.1, -0.05) is 66.2 Å². The van der Waals surface area contributed by atoms with E-state index in [0.717, 1.165) is 11.1 Å². The van der Waals surface area contributed by atoms with Gasteiger partial charge in [0.25, 0.3) is 11.7 Å². The highest BCUT2D eigenvalue weighted by atomic mass is 28.4. The van der Waals surface area contributed by atoms with Gasteiger partial charge in [-0.15, -0.1) is 0 Å². The Morgan fingerprint density at radius 2 is 1.55 bits per heavy atom. The van der Waals surface area contributed by atoms with Crippen molar-refractivity contribution >= 4 is 37.7 Å². The highest BCUT2D eigenvalue weighted by Gasteiger charge is 2.57. The molecule has 382 valence electrons. The van der Waals surface area contributed by atoms with Gasteiger partial charge < -0.3 is 48.0 Å². The fraction of sp³-hybridized carbons (Fsp3) is 0.824. The van der Waals surface area contributed by atoms with E-state index in [4.69, 9.17) is 32.8 Å². The number of cyclic esters (lactones) is 1. The lowest BCUT2D eigenvalue weighted by molar-refractivity contribution is -0.302. The maximum Gasteiger partial charge on any atom is 0.329 e. The van der Waals surface area contributed by atoms with Crippen LogP contribution in [0.2, 0.25) is 18.1 Å². The van der Waals surface area contributed by atoms with Crippen LogP contribution in [0.15, 0.2) is 23.3 Å². The lowest BCUT2D eigenvalue weighted by Crippen LogP contribution is -2.64. The summed E-state index contributed by atoms with van der Waals surface area (Å²) in [5.41, 5.74) is 1.76. The summed E-state index contributed by atoms with van der Waals surface area (Å²) in [7, 11) is 2.10. The van der Waals surface area contributed by atoms with E-state index >= 15 is 0 Å². The molecule has 1 saturated carbocycles. The zero-order valence-electron chi connectivity index (χ0n) is 43.1. The number of allylic oxidation sites excluding steroid dienone is 3. The predicted octanol–water partition coefficient (Wildman–Crippen LogP) is 7.61. The summed E-state index contributed by atoms with van der Waals surface area (Å²) in [5, 5.41) is 21.3. The van der Waals surface area contributed by atoms with Crippen LogP contribution in [-0.2, 0) is 56.8 Å². The highest BCUT2D eigenvalue weighted by Crippen LogP contribution is 2.42. The number of hydrogen-bond acceptors (Lipinski definition) is 13. The van der Waals surface area contributed by atoms with Crippen LogP contribution < -0.4 is 0 Å². The van der Waals surface area contributed by atoms with Gasteiger partial charge in [0, 0.05) is 52.0 Å². The molecule has 15 nitrogen and oxygen atoms in total. The molecular weight excluding hydrogens is 879 g/mol. The Morgan fingerprint density at radius 3 is 2.15 bits per heavy atom. The normalized spacial score (nSPS) is 36.4. The number of esters is 1. The molecule has 0 aromatic carbocycles. The summed E-state index contributed by atoms with van der Waals surface area (Å²) in [6, 6.07) is -1.14. The third-order valence-electron chi connectivity index (χ3n) is 15.5. The minimum Gasteiger partial charge on any atom is -0.480 e. The largest absolute Gasteiger partial charge is 0.480 e. The standard InChI is InChI=1S/C51H85NO14Si/c1-15-36-23-30(2)22-31(3)24-42(61-11)46-43(62-12)26-33(5)51(59,65-46)47(56)48(57)52-21-17-16-18-37(52)49(58)64-45(34(6)40(28-38(36)53)66-67(13,14)50(7,8)9)32(4)25-35-19-20-39(41(27-35)60-10)63-29-44(54)55/h23,25,31,33-37,39-43,45-46,59H,15-22,24,26-29H2,1-14H3,(H,54,55). The fourth-order valence-corrected chi connectivity index (χ4v) is 11.8. The number of aliphatic carboxylic acids is 1. The third kappa shape index (κ3) is 14.2. The van der Waals surface area contributed by atoms with Crippen LogP contribution in [0.5, 0.6) is 0 Å². The van der Waals surface area contributed by atoms with Crippen molar-refractivity contribution in [3.63, 3.8) is 0 Å². The molecule has 2 saturated heterocycles. The molecule has 3 heterocycles. The molecule has 3 aliphatic heterocycles. The number of nitrogens with zero attached hydrogens (tertiary/aromatic N) is 1. The summed E-state index contributed by atoms with van der Waals surface area (Å²) >= 11 is 0. The third-order valence-corrected chi connectivity index (χ3v) is 20.0. The second-order valence-electron chi connectivity index (χ2n) is 21.7. The predicted molar refractivity (Wildman–Crippen MR) is 256 cm³/mol. The van der Waals surface area contributed by atoms with Crippen LogP contribution in [0, 0.1) is 29.6 Å². The van der Waals surface area contributed by atoms with Gasteiger partial charge in [-0.25, -0.2) is 9.59 Å². The van der Waals surface area contributed by atoms with Crippen molar-refractivity contribution < 1.29 is 67.0 Å². The lowest BCUT2D eigenvalue weighted by Gasteiger charge is -2.47. The number of aliphatic hydroxyl groups is 1.